The molecule has 0 bridgehead atoms. The van der Waals surface area contributed by atoms with Gasteiger partial charge in [0.25, 0.3) is 0 Å². The minimum atomic E-state index is 0.576. The average Bonchev–Trinajstić information content (AvgIpc) is 2.72. The summed E-state index contributed by atoms with van der Waals surface area (Å²) in [6.07, 6.45) is 1.84. The van der Waals surface area contributed by atoms with Crippen molar-refractivity contribution in [3.63, 3.8) is 0 Å². The van der Waals surface area contributed by atoms with Crippen molar-refractivity contribution < 1.29 is 4.74 Å². The van der Waals surface area contributed by atoms with Crippen molar-refractivity contribution in [3.05, 3.63) is 102 Å². The Morgan fingerprint density at radius 2 is 1.58 bits per heavy atom. The molecule has 0 fully saturated rings. The summed E-state index contributed by atoms with van der Waals surface area (Å²) in [6, 6.07) is 28.6. The number of anilines is 1. The SMILES string of the molecule is c1ccc(COc2cccc(CNc3ccnc4ccccc34)c2)cc1. The van der Waals surface area contributed by atoms with Gasteiger partial charge in [-0.1, -0.05) is 60.7 Å². The normalized spacial score (nSPS) is 10.6. The minimum absolute atomic E-state index is 0.576. The maximum absolute atomic E-state index is 5.92. The molecular formula is C23H20N2O. The molecule has 3 nitrogen and oxygen atoms in total. The third-order valence-electron chi connectivity index (χ3n) is 4.28. The molecule has 128 valence electrons. The van der Waals surface area contributed by atoms with Crippen LogP contribution in [0.15, 0.2) is 91.1 Å². The van der Waals surface area contributed by atoms with Crippen LogP contribution in [0, 0.1) is 0 Å². The summed E-state index contributed by atoms with van der Waals surface area (Å²) in [5.74, 6) is 0.882. The highest BCUT2D eigenvalue weighted by molar-refractivity contribution is 5.90. The van der Waals surface area contributed by atoms with Crippen LogP contribution in [0.3, 0.4) is 0 Å². The molecule has 0 saturated heterocycles. The molecule has 0 atom stereocenters. The van der Waals surface area contributed by atoms with Gasteiger partial charge in [0.2, 0.25) is 0 Å². The molecule has 26 heavy (non-hydrogen) atoms. The number of hydrogen-bond acceptors (Lipinski definition) is 3. The highest BCUT2D eigenvalue weighted by atomic mass is 16.5. The highest BCUT2D eigenvalue weighted by Crippen LogP contribution is 2.22. The topological polar surface area (TPSA) is 34.1 Å². The number of benzene rings is 3. The summed E-state index contributed by atoms with van der Waals surface area (Å²) in [6.45, 7) is 1.31. The Bertz CT molecular complexity index is 994. The standard InChI is InChI=1S/C23H20N2O/c1-2-7-18(8-3-1)17-26-20-10-6-9-19(15-20)16-25-23-13-14-24-22-12-5-4-11-21(22)23/h1-15H,16-17H2,(H,24,25). The molecule has 1 aromatic heterocycles. The maximum Gasteiger partial charge on any atom is 0.120 e. The second-order valence-electron chi connectivity index (χ2n) is 6.15. The first-order chi connectivity index (χ1) is 12.9. The second-order valence-corrected chi connectivity index (χ2v) is 6.15. The number of para-hydroxylation sites is 1. The Labute approximate surface area is 153 Å². The number of fused-ring (bicyclic) bond motifs is 1. The molecule has 4 aromatic rings. The van der Waals surface area contributed by atoms with E-state index in [2.05, 4.69) is 40.6 Å². The quantitative estimate of drug-likeness (QED) is 0.508. The largest absolute Gasteiger partial charge is 0.489 e. The predicted molar refractivity (Wildman–Crippen MR) is 106 cm³/mol. The van der Waals surface area contributed by atoms with Gasteiger partial charge in [0.15, 0.2) is 0 Å². The van der Waals surface area contributed by atoms with E-state index >= 15 is 0 Å². The van der Waals surface area contributed by atoms with E-state index in [1.54, 1.807) is 0 Å². The molecule has 0 aliphatic carbocycles. The van der Waals surface area contributed by atoms with Gasteiger partial charge in [-0.05, 0) is 35.4 Å². The summed E-state index contributed by atoms with van der Waals surface area (Å²) in [4.78, 5) is 4.40. The molecule has 0 unspecified atom stereocenters. The molecule has 0 spiro atoms. The van der Waals surface area contributed by atoms with Crippen molar-refractivity contribution in [2.45, 2.75) is 13.2 Å². The van der Waals surface area contributed by atoms with E-state index in [0.717, 1.165) is 28.9 Å². The van der Waals surface area contributed by atoms with Gasteiger partial charge in [-0.15, -0.1) is 0 Å². The van der Waals surface area contributed by atoms with E-state index in [0.29, 0.717) is 6.61 Å². The predicted octanol–water partition coefficient (Wildman–Crippen LogP) is 5.43. The van der Waals surface area contributed by atoms with E-state index in [4.69, 9.17) is 4.74 Å². The molecule has 1 N–H and O–H groups in total. The Hall–Kier alpha value is -3.33. The van der Waals surface area contributed by atoms with Gasteiger partial charge in [-0.25, -0.2) is 0 Å². The van der Waals surface area contributed by atoms with Gasteiger partial charge in [-0.3, -0.25) is 4.98 Å². The lowest BCUT2D eigenvalue weighted by Crippen LogP contribution is -2.01. The number of nitrogens with zero attached hydrogens (tertiary/aromatic N) is 1. The molecular weight excluding hydrogens is 320 g/mol. The Kier molecular flexibility index (Phi) is 4.79. The third-order valence-corrected chi connectivity index (χ3v) is 4.28. The van der Waals surface area contributed by atoms with Crippen LogP contribution in [0.25, 0.3) is 10.9 Å². The first-order valence-electron chi connectivity index (χ1n) is 8.72. The fraction of sp³-hybridized carbons (Fsp3) is 0.0870. The number of nitrogens with one attached hydrogen (secondary N) is 1. The van der Waals surface area contributed by atoms with Crippen molar-refractivity contribution in [2.24, 2.45) is 0 Å². The highest BCUT2D eigenvalue weighted by Gasteiger charge is 2.02. The summed E-state index contributed by atoms with van der Waals surface area (Å²) in [5.41, 5.74) is 4.43. The summed E-state index contributed by atoms with van der Waals surface area (Å²) in [7, 11) is 0. The number of aromatic nitrogens is 1. The number of hydrogen-bond donors (Lipinski definition) is 1. The molecule has 0 aliphatic rings. The Morgan fingerprint density at radius 3 is 2.50 bits per heavy atom. The smallest absolute Gasteiger partial charge is 0.120 e. The van der Waals surface area contributed by atoms with Crippen molar-refractivity contribution in [1.82, 2.24) is 4.98 Å². The second kappa shape index (κ2) is 7.70. The molecule has 1 heterocycles. The van der Waals surface area contributed by atoms with Crippen molar-refractivity contribution in [3.8, 4) is 5.75 Å². The van der Waals surface area contributed by atoms with E-state index < -0.39 is 0 Å². The minimum Gasteiger partial charge on any atom is -0.489 e. The van der Waals surface area contributed by atoms with E-state index in [9.17, 15) is 0 Å². The molecule has 0 radical (unpaired) electrons. The summed E-state index contributed by atoms with van der Waals surface area (Å²) in [5, 5.41) is 4.64. The van der Waals surface area contributed by atoms with Gasteiger partial charge in [0, 0.05) is 23.8 Å². The number of ether oxygens (including phenoxy) is 1. The summed E-state index contributed by atoms with van der Waals surface area (Å²) < 4.78 is 5.92. The van der Waals surface area contributed by atoms with Crippen LogP contribution in [-0.4, -0.2) is 4.98 Å². The molecule has 0 aliphatic heterocycles. The third kappa shape index (κ3) is 3.83. The monoisotopic (exact) mass is 340 g/mol. The van der Waals surface area contributed by atoms with Crippen LogP contribution in [0.5, 0.6) is 5.75 Å². The van der Waals surface area contributed by atoms with Crippen LogP contribution >= 0.6 is 0 Å². The van der Waals surface area contributed by atoms with Gasteiger partial charge >= 0.3 is 0 Å². The van der Waals surface area contributed by atoms with E-state index in [-0.39, 0.29) is 0 Å². The fourth-order valence-corrected chi connectivity index (χ4v) is 2.93. The summed E-state index contributed by atoms with van der Waals surface area (Å²) >= 11 is 0. The molecule has 0 saturated carbocycles. The molecule has 0 amide bonds. The average molecular weight is 340 g/mol. The molecule has 3 heteroatoms. The van der Waals surface area contributed by atoms with Crippen LogP contribution in [0.4, 0.5) is 5.69 Å². The lowest BCUT2D eigenvalue weighted by atomic mass is 10.1. The van der Waals surface area contributed by atoms with Gasteiger partial charge in [-0.2, -0.15) is 0 Å². The number of pyridine rings is 1. The van der Waals surface area contributed by atoms with Gasteiger partial charge in [0.05, 0.1) is 5.52 Å². The van der Waals surface area contributed by atoms with Gasteiger partial charge < -0.3 is 10.1 Å². The van der Waals surface area contributed by atoms with Crippen molar-refractivity contribution >= 4 is 16.6 Å². The van der Waals surface area contributed by atoms with Gasteiger partial charge in [0.1, 0.15) is 12.4 Å². The number of rotatable bonds is 6. The van der Waals surface area contributed by atoms with Crippen LogP contribution in [0.1, 0.15) is 11.1 Å². The first-order valence-corrected chi connectivity index (χ1v) is 8.72. The molecule has 4 rings (SSSR count). The first kappa shape index (κ1) is 16.2. The van der Waals surface area contributed by atoms with Crippen LogP contribution < -0.4 is 10.1 Å². The van der Waals surface area contributed by atoms with Crippen LogP contribution in [-0.2, 0) is 13.2 Å². The lowest BCUT2D eigenvalue weighted by molar-refractivity contribution is 0.306. The van der Waals surface area contributed by atoms with E-state index in [1.165, 1.54) is 11.1 Å². The lowest BCUT2D eigenvalue weighted by Gasteiger charge is -2.11. The maximum atomic E-state index is 5.92. The van der Waals surface area contributed by atoms with E-state index in [1.807, 2.05) is 60.8 Å². The Morgan fingerprint density at radius 1 is 0.769 bits per heavy atom. The zero-order valence-corrected chi connectivity index (χ0v) is 14.4. The van der Waals surface area contributed by atoms with Crippen LogP contribution in [0.2, 0.25) is 0 Å². The Balaban J connectivity index is 1.43. The fourth-order valence-electron chi connectivity index (χ4n) is 2.93. The zero-order chi connectivity index (χ0) is 17.6. The van der Waals surface area contributed by atoms with Crippen molar-refractivity contribution in [2.75, 3.05) is 5.32 Å². The molecule has 3 aromatic carbocycles. The van der Waals surface area contributed by atoms with Crippen molar-refractivity contribution in [1.29, 1.82) is 0 Å². The zero-order valence-electron chi connectivity index (χ0n) is 14.4.